The van der Waals surface area contributed by atoms with Gasteiger partial charge in [-0.1, -0.05) is 35.0 Å². The molecule has 3 nitrogen and oxygen atoms in total. The molecule has 0 saturated carbocycles. The largest absolute Gasteiger partial charge is 0.389 e. The average Bonchev–Trinajstić information content (AvgIpc) is 2.28. The highest BCUT2D eigenvalue weighted by atomic mass is 79.9. The molecule has 4 heteroatoms. The van der Waals surface area contributed by atoms with Gasteiger partial charge in [-0.3, -0.25) is 4.79 Å². The lowest BCUT2D eigenvalue weighted by Crippen LogP contribution is -2.42. The van der Waals surface area contributed by atoms with Gasteiger partial charge in [0.25, 0.3) is 0 Å². The van der Waals surface area contributed by atoms with Gasteiger partial charge in [0.2, 0.25) is 5.91 Å². The first kappa shape index (κ1) is 16.2. The zero-order valence-corrected chi connectivity index (χ0v) is 13.6. The molecule has 1 N–H and O–H groups in total. The lowest BCUT2D eigenvalue weighted by atomic mass is 9.99. The van der Waals surface area contributed by atoms with E-state index in [1.54, 1.807) is 25.8 Å². The molecular formula is C15H22BrNO2. The number of halogens is 1. The molecule has 19 heavy (non-hydrogen) atoms. The predicted octanol–water partition coefficient (Wildman–Crippen LogP) is 2.86. The topological polar surface area (TPSA) is 40.5 Å². The fourth-order valence-corrected chi connectivity index (χ4v) is 2.36. The molecule has 0 aliphatic carbocycles. The molecule has 1 amide bonds. The summed E-state index contributed by atoms with van der Waals surface area (Å²) in [6, 6.07) is 7.99. The van der Waals surface area contributed by atoms with Crippen molar-refractivity contribution in [1.82, 2.24) is 4.90 Å². The molecule has 0 aliphatic rings. The minimum atomic E-state index is -0.859. The number of hydrogen-bond acceptors (Lipinski definition) is 2. The van der Waals surface area contributed by atoms with Crippen molar-refractivity contribution >= 4 is 21.8 Å². The molecule has 0 saturated heterocycles. The molecule has 0 bridgehead atoms. The average molecular weight is 328 g/mol. The van der Waals surface area contributed by atoms with E-state index in [4.69, 9.17) is 0 Å². The lowest BCUT2D eigenvalue weighted by Gasteiger charge is -2.27. The van der Waals surface area contributed by atoms with Gasteiger partial charge >= 0.3 is 0 Å². The number of aliphatic hydroxyl groups is 1. The van der Waals surface area contributed by atoms with E-state index < -0.39 is 5.60 Å². The SMILES string of the molecule is CC(Cc1ccc(Br)cc1)C(=O)N(C)CC(C)(C)O. The smallest absolute Gasteiger partial charge is 0.225 e. The van der Waals surface area contributed by atoms with Gasteiger partial charge in [0, 0.05) is 24.0 Å². The van der Waals surface area contributed by atoms with Gasteiger partial charge in [0.15, 0.2) is 0 Å². The Labute approximate surface area is 123 Å². The number of nitrogens with zero attached hydrogens (tertiary/aromatic N) is 1. The summed E-state index contributed by atoms with van der Waals surface area (Å²) in [6.45, 7) is 5.67. The first-order chi connectivity index (χ1) is 8.69. The van der Waals surface area contributed by atoms with E-state index in [1.165, 1.54) is 0 Å². The second-order valence-electron chi connectivity index (χ2n) is 5.74. The Balaban J connectivity index is 2.59. The van der Waals surface area contributed by atoms with Gasteiger partial charge in [-0.25, -0.2) is 0 Å². The Morgan fingerprint density at radius 2 is 1.89 bits per heavy atom. The first-order valence-corrected chi connectivity index (χ1v) is 7.20. The van der Waals surface area contributed by atoms with Crippen LogP contribution in [0.4, 0.5) is 0 Å². The number of likely N-dealkylation sites (N-methyl/N-ethyl adjacent to an activating group) is 1. The number of rotatable bonds is 5. The number of hydrogen-bond donors (Lipinski definition) is 1. The minimum Gasteiger partial charge on any atom is -0.389 e. The molecule has 0 aromatic heterocycles. The predicted molar refractivity (Wildman–Crippen MR) is 80.9 cm³/mol. The molecule has 0 fully saturated rings. The molecule has 1 unspecified atom stereocenters. The number of carbonyl (C=O) groups excluding carboxylic acids is 1. The highest BCUT2D eigenvalue weighted by molar-refractivity contribution is 9.10. The first-order valence-electron chi connectivity index (χ1n) is 6.41. The van der Waals surface area contributed by atoms with E-state index >= 15 is 0 Å². The van der Waals surface area contributed by atoms with Crippen molar-refractivity contribution in [1.29, 1.82) is 0 Å². The summed E-state index contributed by atoms with van der Waals surface area (Å²) >= 11 is 3.39. The van der Waals surface area contributed by atoms with Gasteiger partial charge < -0.3 is 10.0 Å². The Kier molecular flexibility index (Phi) is 5.56. The highest BCUT2D eigenvalue weighted by Crippen LogP contribution is 2.16. The van der Waals surface area contributed by atoms with Crippen molar-refractivity contribution in [3.8, 4) is 0 Å². The molecule has 106 valence electrons. The number of benzene rings is 1. The van der Waals surface area contributed by atoms with Gasteiger partial charge in [0.05, 0.1) is 5.60 Å². The van der Waals surface area contributed by atoms with Crippen LogP contribution in [0.15, 0.2) is 28.7 Å². The van der Waals surface area contributed by atoms with Crippen LogP contribution in [0.2, 0.25) is 0 Å². The zero-order valence-electron chi connectivity index (χ0n) is 12.0. The molecule has 0 heterocycles. The van der Waals surface area contributed by atoms with E-state index in [1.807, 2.05) is 31.2 Å². The summed E-state index contributed by atoms with van der Waals surface area (Å²) < 4.78 is 1.04. The van der Waals surface area contributed by atoms with Crippen LogP contribution < -0.4 is 0 Å². The van der Waals surface area contributed by atoms with Crippen LogP contribution in [0.25, 0.3) is 0 Å². The number of amides is 1. The summed E-state index contributed by atoms with van der Waals surface area (Å²) in [5.41, 5.74) is 0.280. The molecule has 0 aliphatic heterocycles. The van der Waals surface area contributed by atoms with Crippen molar-refractivity contribution in [3.63, 3.8) is 0 Å². The molecular weight excluding hydrogens is 306 g/mol. The fraction of sp³-hybridized carbons (Fsp3) is 0.533. The van der Waals surface area contributed by atoms with Crippen molar-refractivity contribution < 1.29 is 9.90 Å². The molecule has 1 aromatic rings. The fourth-order valence-electron chi connectivity index (χ4n) is 2.10. The molecule has 0 radical (unpaired) electrons. The van der Waals surface area contributed by atoms with Crippen LogP contribution in [-0.2, 0) is 11.2 Å². The van der Waals surface area contributed by atoms with E-state index in [2.05, 4.69) is 15.9 Å². The Morgan fingerprint density at radius 1 is 1.37 bits per heavy atom. The maximum atomic E-state index is 12.2. The van der Waals surface area contributed by atoms with Crippen LogP contribution in [0.5, 0.6) is 0 Å². The highest BCUT2D eigenvalue weighted by Gasteiger charge is 2.23. The van der Waals surface area contributed by atoms with E-state index in [0.717, 1.165) is 10.0 Å². The van der Waals surface area contributed by atoms with E-state index in [0.29, 0.717) is 13.0 Å². The second kappa shape index (κ2) is 6.53. The quantitative estimate of drug-likeness (QED) is 0.903. The normalized spacial score (nSPS) is 13.2. The zero-order chi connectivity index (χ0) is 14.6. The maximum absolute atomic E-state index is 12.2. The summed E-state index contributed by atoms with van der Waals surface area (Å²) in [5, 5.41) is 9.74. The van der Waals surface area contributed by atoms with Crippen LogP contribution in [-0.4, -0.2) is 35.1 Å². The summed E-state index contributed by atoms with van der Waals surface area (Å²) in [6.07, 6.45) is 0.711. The summed E-state index contributed by atoms with van der Waals surface area (Å²) in [7, 11) is 1.73. The molecule has 1 atom stereocenters. The Hall–Kier alpha value is -0.870. The van der Waals surface area contributed by atoms with Gasteiger partial charge in [0.1, 0.15) is 0 Å². The van der Waals surface area contributed by atoms with Crippen molar-refractivity contribution in [2.75, 3.05) is 13.6 Å². The second-order valence-corrected chi connectivity index (χ2v) is 6.65. The van der Waals surface area contributed by atoms with E-state index in [9.17, 15) is 9.90 Å². The third-order valence-electron chi connectivity index (χ3n) is 2.88. The maximum Gasteiger partial charge on any atom is 0.225 e. The molecule has 0 spiro atoms. The van der Waals surface area contributed by atoms with Crippen molar-refractivity contribution in [3.05, 3.63) is 34.3 Å². The summed E-state index contributed by atoms with van der Waals surface area (Å²) in [5.74, 6) is -0.0291. The lowest BCUT2D eigenvalue weighted by molar-refractivity contribution is -0.136. The van der Waals surface area contributed by atoms with Crippen molar-refractivity contribution in [2.45, 2.75) is 32.8 Å². The van der Waals surface area contributed by atoms with Crippen LogP contribution in [0.3, 0.4) is 0 Å². The van der Waals surface area contributed by atoms with Gasteiger partial charge in [-0.2, -0.15) is 0 Å². The van der Waals surface area contributed by atoms with E-state index in [-0.39, 0.29) is 11.8 Å². The molecule has 1 rings (SSSR count). The monoisotopic (exact) mass is 327 g/mol. The minimum absolute atomic E-state index is 0.0602. The van der Waals surface area contributed by atoms with Gasteiger partial charge in [-0.15, -0.1) is 0 Å². The standard InChI is InChI=1S/C15H22BrNO2/c1-11(9-12-5-7-13(16)8-6-12)14(18)17(4)10-15(2,3)19/h5-8,11,19H,9-10H2,1-4H3. The van der Waals surface area contributed by atoms with Crippen LogP contribution >= 0.6 is 15.9 Å². The molecule has 1 aromatic carbocycles. The Bertz CT molecular complexity index is 423. The van der Waals surface area contributed by atoms with Crippen LogP contribution in [0, 0.1) is 5.92 Å². The van der Waals surface area contributed by atoms with Gasteiger partial charge in [-0.05, 0) is 38.0 Å². The van der Waals surface area contributed by atoms with Crippen LogP contribution in [0.1, 0.15) is 26.3 Å². The van der Waals surface area contributed by atoms with Crippen molar-refractivity contribution in [2.24, 2.45) is 5.92 Å². The Morgan fingerprint density at radius 3 is 2.37 bits per heavy atom. The number of carbonyl (C=O) groups is 1. The summed E-state index contributed by atoms with van der Waals surface area (Å²) in [4.78, 5) is 13.8. The third kappa shape index (κ3) is 5.74. The third-order valence-corrected chi connectivity index (χ3v) is 3.41.